The minimum Gasteiger partial charge on any atom is -0.463 e. The first-order chi connectivity index (χ1) is 20.0. The molecule has 2 unspecified atom stereocenters. The first-order valence-electron chi connectivity index (χ1n) is 14.5. The standard InChI is InChI=1S/C32H40N4O6/c1-7-40-30(38)27-24(34(6)31(39)33-28(27)21-8-11-23(12-9-21)32(3,4)5)18-35-14-15-36(20(2)17-35)29(37)22-10-13-25-26(16-22)42-19-41-25/h8-13,16,20,28H,7,14-15,17-19H2,1-6H3,(H,33,39). The number of nitrogens with one attached hydrogen (secondary N) is 1. The Hall–Kier alpha value is -4.05. The fourth-order valence-corrected chi connectivity index (χ4v) is 5.71. The lowest BCUT2D eigenvalue weighted by Crippen LogP contribution is -2.56. The number of nitrogens with zero attached hydrogens (tertiary/aromatic N) is 3. The van der Waals surface area contributed by atoms with E-state index in [1.54, 1.807) is 32.2 Å². The predicted molar refractivity (Wildman–Crippen MR) is 157 cm³/mol. The van der Waals surface area contributed by atoms with Crippen LogP contribution in [0.4, 0.5) is 4.79 Å². The van der Waals surface area contributed by atoms with Gasteiger partial charge in [0.2, 0.25) is 6.79 Å². The largest absolute Gasteiger partial charge is 0.463 e. The molecule has 3 amide bonds. The molecule has 3 heterocycles. The van der Waals surface area contributed by atoms with Crippen molar-refractivity contribution in [3.8, 4) is 11.5 Å². The summed E-state index contributed by atoms with van der Waals surface area (Å²) in [7, 11) is 1.67. The van der Waals surface area contributed by atoms with Crippen LogP contribution in [0.3, 0.4) is 0 Å². The van der Waals surface area contributed by atoms with Crippen molar-refractivity contribution in [1.82, 2.24) is 20.0 Å². The van der Waals surface area contributed by atoms with Gasteiger partial charge in [-0.1, -0.05) is 45.0 Å². The molecule has 2 atom stereocenters. The van der Waals surface area contributed by atoms with E-state index < -0.39 is 12.0 Å². The average molecular weight is 577 g/mol. The monoisotopic (exact) mass is 576 g/mol. The van der Waals surface area contributed by atoms with E-state index in [1.807, 2.05) is 36.1 Å². The van der Waals surface area contributed by atoms with Gasteiger partial charge >= 0.3 is 12.0 Å². The van der Waals surface area contributed by atoms with E-state index in [0.717, 1.165) is 11.1 Å². The minimum atomic E-state index is -0.636. The van der Waals surface area contributed by atoms with Gasteiger partial charge in [-0.2, -0.15) is 0 Å². The Morgan fingerprint density at radius 1 is 1.05 bits per heavy atom. The molecule has 0 aromatic heterocycles. The number of piperazine rings is 1. The van der Waals surface area contributed by atoms with Crippen LogP contribution in [0, 0.1) is 0 Å². The van der Waals surface area contributed by atoms with E-state index in [9.17, 15) is 14.4 Å². The molecule has 3 aliphatic rings. The molecule has 224 valence electrons. The molecule has 0 bridgehead atoms. The van der Waals surface area contributed by atoms with Crippen LogP contribution in [0.2, 0.25) is 0 Å². The summed E-state index contributed by atoms with van der Waals surface area (Å²) in [6, 6.07) is 12.3. The van der Waals surface area contributed by atoms with Crippen molar-refractivity contribution in [3.05, 3.63) is 70.4 Å². The minimum absolute atomic E-state index is 0.0253. The second-order valence-corrected chi connectivity index (χ2v) is 12.0. The molecule has 42 heavy (non-hydrogen) atoms. The summed E-state index contributed by atoms with van der Waals surface area (Å²) in [5.41, 5.74) is 3.53. The lowest BCUT2D eigenvalue weighted by atomic mass is 9.85. The zero-order valence-electron chi connectivity index (χ0n) is 25.2. The van der Waals surface area contributed by atoms with Crippen molar-refractivity contribution in [3.63, 3.8) is 0 Å². The summed E-state index contributed by atoms with van der Waals surface area (Å²) in [4.78, 5) is 45.5. The molecule has 5 rings (SSSR count). The van der Waals surface area contributed by atoms with Gasteiger partial charge in [-0.3, -0.25) is 14.6 Å². The summed E-state index contributed by atoms with van der Waals surface area (Å²) >= 11 is 0. The van der Waals surface area contributed by atoms with Gasteiger partial charge in [-0.25, -0.2) is 9.59 Å². The normalized spacial score (nSPS) is 21.0. The van der Waals surface area contributed by atoms with Crippen LogP contribution >= 0.6 is 0 Å². The number of hydrogen-bond donors (Lipinski definition) is 1. The molecule has 2 aromatic rings. The van der Waals surface area contributed by atoms with Crippen LogP contribution in [0.25, 0.3) is 0 Å². The van der Waals surface area contributed by atoms with Gasteiger partial charge in [-0.15, -0.1) is 0 Å². The van der Waals surface area contributed by atoms with Crippen LogP contribution in [-0.2, 0) is 14.9 Å². The Morgan fingerprint density at radius 3 is 2.43 bits per heavy atom. The third-order valence-electron chi connectivity index (χ3n) is 8.15. The highest BCUT2D eigenvalue weighted by Gasteiger charge is 2.38. The molecular weight excluding hydrogens is 536 g/mol. The van der Waals surface area contributed by atoms with Crippen LogP contribution in [0.15, 0.2) is 53.7 Å². The Bertz CT molecular complexity index is 1400. The number of urea groups is 1. The van der Waals surface area contributed by atoms with Crippen LogP contribution in [0.1, 0.15) is 62.1 Å². The van der Waals surface area contributed by atoms with Gasteiger partial charge in [0.25, 0.3) is 5.91 Å². The van der Waals surface area contributed by atoms with E-state index in [1.165, 1.54) is 4.90 Å². The molecule has 1 saturated heterocycles. The smallest absolute Gasteiger partial charge is 0.338 e. The number of carbonyl (C=O) groups is 3. The first-order valence-corrected chi connectivity index (χ1v) is 14.5. The van der Waals surface area contributed by atoms with Gasteiger partial charge < -0.3 is 24.4 Å². The molecule has 1 N–H and O–H groups in total. The number of benzene rings is 2. The maximum absolute atomic E-state index is 13.4. The molecular formula is C32H40N4O6. The summed E-state index contributed by atoms with van der Waals surface area (Å²) < 4.78 is 16.3. The molecule has 0 saturated carbocycles. The highest BCUT2D eigenvalue weighted by molar-refractivity contribution is 5.96. The highest BCUT2D eigenvalue weighted by Crippen LogP contribution is 2.35. The van der Waals surface area contributed by atoms with Crippen molar-refractivity contribution in [2.24, 2.45) is 0 Å². The average Bonchev–Trinajstić information content (AvgIpc) is 3.43. The Labute approximate surface area is 247 Å². The lowest BCUT2D eigenvalue weighted by Gasteiger charge is -2.42. The number of fused-ring (bicyclic) bond motifs is 1. The number of rotatable bonds is 6. The first kappa shape index (κ1) is 29.4. The number of esters is 1. The van der Waals surface area contributed by atoms with E-state index >= 15 is 0 Å². The van der Waals surface area contributed by atoms with Crippen molar-refractivity contribution in [1.29, 1.82) is 0 Å². The molecule has 1 fully saturated rings. The van der Waals surface area contributed by atoms with Gasteiger partial charge in [0.15, 0.2) is 11.5 Å². The van der Waals surface area contributed by atoms with Crippen molar-refractivity contribution < 1.29 is 28.6 Å². The lowest BCUT2D eigenvalue weighted by molar-refractivity contribution is -0.139. The maximum atomic E-state index is 13.4. The molecule has 0 spiro atoms. The molecule has 3 aliphatic heterocycles. The maximum Gasteiger partial charge on any atom is 0.338 e. The van der Waals surface area contributed by atoms with Gasteiger partial charge in [0.05, 0.1) is 18.2 Å². The second kappa shape index (κ2) is 11.7. The zero-order chi connectivity index (χ0) is 30.2. The number of amides is 3. The van der Waals surface area contributed by atoms with Gasteiger partial charge in [0, 0.05) is 50.5 Å². The fourth-order valence-electron chi connectivity index (χ4n) is 5.71. The SMILES string of the molecule is CCOC(=O)C1=C(CN2CCN(C(=O)c3ccc4c(c3)OCO4)C(C)C2)N(C)C(=O)NC1c1ccc(C(C)(C)C)cc1. The van der Waals surface area contributed by atoms with Crippen molar-refractivity contribution >= 4 is 17.9 Å². The highest BCUT2D eigenvalue weighted by atomic mass is 16.7. The molecule has 0 radical (unpaired) electrons. The third-order valence-corrected chi connectivity index (χ3v) is 8.15. The number of ether oxygens (including phenoxy) is 3. The molecule has 10 nitrogen and oxygen atoms in total. The summed E-state index contributed by atoms with van der Waals surface area (Å²) in [6.45, 7) is 12.6. The molecule has 10 heteroatoms. The van der Waals surface area contributed by atoms with E-state index in [-0.39, 0.29) is 36.8 Å². The predicted octanol–water partition coefficient (Wildman–Crippen LogP) is 4.07. The van der Waals surface area contributed by atoms with Crippen LogP contribution in [0.5, 0.6) is 11.5 Å². The van der Waals surface area contributed by atoms with Crippen LogP contribution in [-0.4, -0.2) is 85.3 Å². The summed E-state index contributed by atoms with van der Waals surface area (Å²) in [6.07, 6.45) is 0. The Balaban J connectivity index is 1.38. The third kappa shape index (κ3) is 5.81. The zero-order valence-corrected chi connectivity index (χ0v) is 25.2. The molecule has 0 aliphatic carbocycles. The fraction of sp³-hybridized carbons (Fsp3) is 0.469. The van der Waals surface area contributed by atoms with Crippen molar-refractivity contribution in [2.75, 3.05) is 46.6 Å². The van der Waals surface area contributed by atoms with Gasteiger partial charge in [-0.05, 0) is 48.6 Å². The topological polar surface area (TPSA) is 101 Å². The van der Waals surface area contributed by atoms with Crippen LogP contribution < -0.4 is 14.8 Å². The quantitative estimate of drug-likeness (QED) is 0.518. The van der Waals surface area contributed by atoms with E-state index in [4.69, 9.17) is 14.2 Å². The Kier molecular flexibility index (Phi) is 8.19. The van der Waals surface area contributed by atoms with E-state index in [2.05, 4.69) is 31.0 Å². The number of likely N-dealkylation sites (N-methyl/N-ethyl adjacent to an activating group) is 1. The van der Waals surface area contributed by atoms with E-state index in [0.29, 0.717) is 54.5 Å². The number of hydrogen-bond acceptors (Lipinski definition) is 7. The van der Waals surface area contributed by atoms with Crippen molar-refractivity contribution in [2.45, 2.75) is 52.1 Å². The summed E-state index contributed by atoms with van der Waals surface area (Å²) in [5.74, 6) is 0.694. The number of carbonyl (C=O) groups excluding carboxylic acids is 3. The Morgan fingerprint density at radius 2 is 1.76 bits per heavy atom. The summed E-state index contributed by atoms with van der Waals surface area (Å²) in [5, 5.41) is 3.00. The second-order valence-electron chi connectivity index (χ2n) is 12.0. The molecule has 2 aromatic carbocycles. The van der Waals surface area contributed by atoms with Gasteiger partial charge in [0.1, 0.15) is 0 Å².